The fourth-order valence-corrected chi connectivity index (χ4v) is 1.42. The van der Waals surface area contributed by atoms with Crippen molar-refractivity contribution in [2.45, 2.75) is 19.9 Å². The van der Waals surface area contributed by atoms with Gasteiger partial charge in [0, 0.05) is 24.6 Å². The van der Waals surface area contributed by atoms with Crippen LogP contribution < -0.4 is 0 Å². The van der Waals surface area contributed by atoms with Gasteiger partial charge in [-0.1, -0.05) is 0 Å². The lowest BCUT2D eigenvalue weighted by molar-refractivity contribution is 0.0690. The van der Waals surface area contributed by atoms with Crippen LogP contribution in [0.15, 0.2) is 24.7 Å². The molecule has 1 N–H and O–H groups in total. The van der Waals surface area contributed by atoms with Crippen LogP contribution in [-0.2, 0) is 0 Å². The molecule has 0 aliphatic rings. The van der Waals surface area contributed by atoms with Gasteiger partial charge in [-0.25, -0.2) is 14.8 Å². The SMILES string of the molecule is CC(C)n1cc(-c2ncccn2)c(C(=O)O)n1. The summed E-state index contributed by atoms with van der Waals surface area (Å²) in [6.07, 6.45) is 4.80. The van der Waals surface area contributed by atoms with Gasteiger partial charge in [0.1, 0.15) is 0 Å². The highest BCUT2D eigenvalue weighted by Crippen LogP contribution is 2.20. The van der Waals surface area contributed by atoms with E-state index in [0.29, 0.717) is 11.4 Å². The van der Waals surface area contributed by atoms with E-state index in [0.717, 1.165) is 0 Å². The summed E-state index contributed by atoms with van der Waals surface area (Å²) < 4.78 is 1.59. The Labute approximate surface area is 98.0 Å². The van der Waals surface area contributed by atoms with E-state index in [1.54, 1.807) is 29.3 Å². The van der Waals surface area contributed by atoms with E-state index in [-0.39, 0.29) is 11.7 Å². The van der Waals surface area contributed by atoms with Crippen molar-refractivity contribution in [1.29, 1.82) is 0 Å². The third-order valence-corrected chi connectivity index (χ3v) is 2.27. The van der Waals surface area contributed by atoms with Crippen molar-refractivity contribution < 1.29 is 9.90 Å². The first-order valence-electron chi connectivity index (χ1n) is 5.19. The monoisotopic (exact) mass is 232 g/mol. The standard InChI is InChI=1S/C11H12N4O2/c1-7(2)15-6-8(9(14-15)11(16)17)10-12-4-3-5-13-10/h3-7H,1-2H3,(H,16,17). The van der Waals surface area contributed by atoms with Crippen LogP contribution in [0.5, 0.6) is 0 Å². The Bertz CT molecular complexity index is 534. The molecule has 0 spiro atoms. The predicted molar refractivity (Wildman–Crippen MR) is 60.6 cm³/mol. The molecular weight excluding hydrogens is 220 g/mol. The molecule has 0 aliphatic heterocycles. The van der Waals surface area contributed by atoms with Crippen LogP contribution in [0.25, 0.3) is 11.4 Å². The van der Waals surface area contributed by atoms with E-state index in [9.17, 15) is 4.79 Å². The molecule has 2 heterocycles. The Morgan fingerprint density at radius 2 is 2.00 bits per heavy atom. The summed E-state index contributed by atoms with van der Waals surface area (Å²) >= 11 is 0. The molecule has 6 heteroatoms. The molecular formula is C11H12N4O2. The van der Waals surface area contributed by atoms with E-state index < -0.39 is 5.97 Å². The Kier molecular flexibility index (Phi) is 2.86. The van der Waals surface area contributed by atoms with Crippen molar-refractivity contribution in [3.8, 4) is 11.4 Å². The number of carbonyl (C=O) groups is 1. The maximum Gasteiger partial charge on any atom is 0.357 e. The van der Waals surface area contributed by atoms with Gasteiger partial charge in [-0.15, -0.1) is 0 Å². The Balaban J connectivity index is 2.56. The van der Waals surface area contributed by atoms with Crippen molar-refractivity contribution in [3.63, 3.8) is 0 Å². The van der Waals surface area contributed by atoms with Crippen molar-refractivity contribution in [2.75, 3.05) is 0 Å². The average Bonchev–Trinajstić information content (AvgIpc) is 2.75. The summed E-state index contributed by atoms with van der Waals surface area (Å²) in [7, 11) is 0. The third kappa shape index (κ3) is 2.15. The van der Waals surface area contributed by atoms with Gasteiger partial charge in [-0.05, 0) is 19.9 Å². The molecule has 17 heavy (non-hydrogen) atoms. The number of nitrogens with zero attached hydrogens (tertiary/aromatic N) is 4. The summed E-state index contributed by atoms with van der Waals surface area (Å²) in [6.45, 7) is 3.85. The molecule has 0 atom stereocenters. The average molecular weight is 232 g/mol. The molecule has 0 unspecified atom stereocenters. The highest BCUT2D eigenvalue weighted by molar-refractivity contribution is 5.92. The molecule has 88 valence electrons. The van der Waals surface area contributed by atoms with E-state index >= 15 is 0 Å². The second kappa shape index (κ2) is 4.32. The first kappa shape index (κ1) is 11.3. The van der Waals surface area contributed by atoms with Crippen LogP contribution in [0.1, 0.15) is 30.4 Å². The molecule has 2 rings (SSSR count). The van der Waals surface area contributed by atoms with E-state index in [4.69, 9.17) is 5.11 Å². The number of hydrogen-bond acceptors (Lipinski definition) is 4. The van der Waals surface area contributed by atoms with Crippen molar-refractivity contribution in [3.05, 3.63) is 30.4 Å². The molecule has 6 nitrogen and oxygen atoms in total. The lowest BCUT2D eigenvalue weighted by atomic mass is 10.2. The summed E-state index contributed by atoms with van der Waals surface area (Å²) in [5, 5.41) is 13.1. The largest absolute Gasteiger partial charge is 0.476 e. The van der Waals surface area contributed by atoms with Crippen LogP contribution in [0.2, 0.25) is 0 Å². The van der Waals surface area contributed by atoms with Gasteiger partial charge in [0.2, 0.25) is 0 Å². The van der Waals surface area contributed by atoms with Crippen LogP contribution in [-0.4, -0.2) is 30.8 Å². The number of hydrogen-bond donors (Lipinski definition) is 1. The molecule has 0 fully saturated rings. The minimum Gasteiger partial charge on any atom is -0.476 e. The van der Waals surface area contributed by atoms with Gasteiger partial charge in [-0.2, -0.15) is 5.10 Å². The maximum atomic E-state index is 11.1. The smallest absolute Gasteiger partial charge is 0.357 e. The van der Waals surface area contributed by atoms with Gasteiger partial charge < -0.3 is 5.11 Å². The minimum absolute atomic E-state index is 0.0232. The first-order chi connectivity index (χ1) is 8.09. The van der Waals surface area contributed by atoms with Gasteiger partial charge in [-0.3, -0.25) is 4.68 Å². The third-order valence-electron chi connectivity index (χ3n) is 2.27. The number of rotatable bonds is 3. The molecule has 0 radical (unpaired) electrons. The summed E-state index contributed by atoms with van der Waals surface area (Å²) in [6, 6.07) is 1.77. The fraction of sp³-hybridized carbons (Fsp3) is 0.273. The second-order valence-electron chi connectivity index (χ2n) is 3.84. The molecule has 0 amide bonds. The Morgan fingerprint density at radius 1 is 1.35 bits per heavy atom. The van der Waals surface area contributed by atoms with E-state index in [2.05, 4.69) is 15.1 Å². The van der Waals surface area contributed by atoms with Crippen LogP contribution in [0.4, 0.5) is 0 Å². The summed E-state index contributed by atoms with van der Waals surface area (Å²) in [5.41, 5.74) is 0.414. The van der Waals surface area contributed by atoms with E-state index in [1.807, 2.05) is 13.8 Å². The van der Waals surface area contributed by atoms with Crippen molar-refractivity contribution >= 4 is 5.97 Å². The second-order valence-corrected chi connectivity index (χ2v) is 3.84. The number of carboxylic acid groups (broad SMARTS) is 1. The number of aromatic nitrogens is 4. The fourth-order valence-electron chi connectivity index (χ4n) is 1.42. The van der Waals surface area contributed by atoms with E-state index in [1.165, 1.54) is 0 Å². The molecule has 0 bridgehead atoms. The van der Waals surface area contributed by atoms with Gasteiger partial charge in [0.25, 0.3) is 0 Å². The highest BCUT2D eigenvalue weighted by atomic mass is 16.4. The lowest BCUT2D eigenvalue weighted by Gasteiger charge is -2.02. The van der Waals surface area contributed by atoms with Gasteiger partial charge in [0.05, 0.1) is 5.56 Å². The molecule has 0 saturated carbocycles. The zero-order valence-electron chi connectivity index (χ0n) is 9.53. The number of aromatic carboxylic acids is 1. The normalized spacial score (nSPS) is 10.8. The predicted octanol–water partition coefficient (Wildman–Crippen LogP) is 1.62. The van der Waals surface area contributed by atoms with Gasteiger partial charge >= 0.3 is 5.97 Å². The zero-order chi connectivity index (χ0) is 12.4. The van der Waals surface area contributed by atoms with Crippen LogP contribution >= 0.6 is 0 Å². The summed E-state index contributed by atoms with van der Waals surface area (Å²) in [4.78, 5) is 19.2. The maximum absolute atomic E-state index is 11.1. The molecule has 2 aromatic heterocycles. The molecule has 0 aromatic carbocycles. The lowest BCUT2D eigenvalue weighted by Crippen LogP contribution is -2.04. The molecule has 2 aromatic rings. The summed E-state index contributed by atoms with van der Waals surface area (Å²) in [5.74, 6) is -0.705. The van der Waals surface area contributed by atoms with Crippen molar-refractivity contribution in [1.82, 2.24) is 19.7 Å². The van der Waals surface area contributed by atoms with Crippen molar-refractivity contribution in [2.24, 2.45) is 0 Å². The highest BCUT2D eigenvalue weighted by Gasteiger charge is 2.19. The molecule has 0 aliphatic carbocycles. The van der Waals surface area contributed by atoms with Crippen LogP contribution in [0.3, 0.4) is 0 Å². The first-order valence-corrected chi connectivity index (χ1v) is 5.19. The van der Waals surface area contributed by atoms with Crippen LogP contribution in [0, 0.1) is 0 Å². The quantitative estimate of drug-likeness (QED) is 0.869. The zero-order valence-corrected chi connectivity index (χ0v) is 9.53. The van der Waals surface area contributed by atoms with Gasteiger partial charge in [0.15, 0.2) is 11.5 Å². The Morgan fingerprint density at radius 3 is 2.53 bits per heavy atom. The molecule has 0 saturated heterocycles. The Hall–Kier alpha value is -2.24. The minimum atomic E-state index is -1.08. The topological polar surface area (TPSA) is 80.9 Å². The number of carboxylic acids is 1.